The lowest BCUT2D eigenvalue weighted by atomic mass is 9.79. The molecule has 0 heterocycles. The molecule has 1 rings (SSSR count). The fraction of sp³-hybridized carbons (Fsp3) is 0.917. The summed E-state index contributed by atoms with van der Waals surface area (Å²) < 4.78 is 30.5. The molecule has 0 saturated heterocycles. The first kappa shape index (κ1) is 16.4. The fourth-order valence-electron chi connectivity index (χ4n) is 2.72. The minimum absolute atomic E-state index is 0.110. The van der Waals surface area contributed by atoms with Crippen molar-refractivity contribution >= 4 is 16.0 Å². The van der Waals surface area contributed by atoms with Gasteiger partial charge in [-0.1, -0.05) is 19.3 Å². The van der Waals surface area contributed by atoms with E-state index in [9.17, 15) is 13.2 Å². The molecule has 1 aliphatic carbocycles. The van der Waals surface area contributed by atoms with E-state index in [1.54, 1.807) is 0 Å². The van der Waals surface area contributed by atoms with Crippen LogP contribution in [-0.4, -0.2) is 55.9 Å². The van der Waals surface area contributed by atoms with Gasteiger partial charge in [-0.25, -0.2) is 8.42 Å². The highest BCUT2D eigenvalue weighted by Crippen LogP contribution is 2.37. The van der Waals surface area contributed by atoms with Crippen molar-refractivity contribution in [2.45, 2.75) is 44.1 Å². The van der Waals surface area contributed by atoms with Gasteiger partial charge in [-0.15, -0.1) is 0 Å². The summed E-state index contributed by atoms with van der Waals surface area (Å²) in [5, 5.41) is 9.08. The Morgan fingerprint density at radius 1 is 1.32 bits per heavy atom. The van der Waals surface area contributed by atoms with Crippen LogP contribution < -0.4 is 0 Å². The third-order valence-corrected chi connectivity index (χ3v) is 5.80. The van der Waals surface area contributed by atoms with Gasteiger partial charge in [-0.3, -0.25) is 4.79 Å². The maximum absolute atomic E-state index is 12.2. The number of nitrogens with zero attached hydrogens (tertiary/aromatic N) is 1. The second-order valence-electron chi connectivity index (χ2n) is 5.13. The van der Waals surface area contributed by atoms with Crippen LogP contribution >= 0.6 is 0 Å². The maximum atomic E-state index is 12.2. The number of methoxy groups -OCH3 is 1. The Balaban J connectivity index is 2.93. The monoisotopic (exact) mass is 293 g/mol. The molecule has 1 aliphatic rings. The Morgan fingerprint density at radius 2 is 1.89 bits per heavy atom. The quantitative estimate of drug-likeness (QED) is 0.759. The Labute approximate surface area is 114 Å². The van der Waals surface area contributed by atoms with Gasteiger partial charge in [0.2, 0.25) is 10.0 Å². The van der Waals surface area contributed by atoms with Crippen LogP contribution in [0.2, 0.25) is 0 Å². The highest BCUT2D eigenvalue weighted by molar-refractivity contribution is 7.89. The summed E-state index contributed by atoms with van der Waals surface area (Å²) in [6.07, 6.45) is 3.88. The lowest BCUT2D eigenvalue weighted by Gasteiger charge is -2.42. The number of hydrogen-bond donors (Lipinski definition) is 1. The van der Waals surface area contributed by atoms with Crippen molar-refractivity contribution in [2.24, 2.45) is 0 Å². The summed E-state index contributed by atoms with van der Waals surface area (Å²) in [5.74, 6) is -1.06. The zero-order chi connectivity index (χ0) is 14.5. The van der Waals surface area contributed by atoms with Crippen molar-refractivity contribution in [1.29, 1.82) is 0 Å². The van der Waals surface area contributed by atoms with Crippen LogP contribution in [0.15, 0.2) is 0 Å². The molecule has 0 aliphatic heterocycles. The lowest BCUT2D eigenvalue weighted by Crippen LogP contribution is -2.52. The molecule has 0 bridgehead atoms. The summed E-state index contributed by atoms with van der Waals surface area (Å²) in [5.41, 5.74) is -0.767. The second-order valence-corrected chi connectivity index (χ2v) is 7.25. The molecule has 0 radical (unpaired) electrons. The Morgan fingerprint density at radius 3 is 2.37 bits per heavy atom. The van der Waals surface area contributed by atoms with Crippen molar-refractivity contribution < 1.29 is 23.1 Å². The largest absolute Gasteiger partial charge is 0.481 e. The van der Waals surface area contributed by atoms with Crippen LogP contribution in [0, 0.1) is 0 Å². The number of carboxylic acid groups (broad SMARTS) is 1. The van der Waals surface area contributed by atoms with Gasteiger partial charge < -0.3 is 9.84 Å². The summed E-state index contributed by atoms with van der Waals surface area (Å²) >= 11 is 0. The zero-order valence-electron chi connectivity index (χ0n) is 11.6. The van der Waals surface area contributed by atoms with E-state index >= 15 is 0 Å². The minimum atomic E-state index is -3.48. The van der Waals surface area contributed by atoms with Crippen molar-refractivity contribution in [3.63, 3.8) is 0 Å². The number of hydrogen-bond acceptors (Lipinski definition) is 4. The fourth-order valence-corrected chi connectivity index (χ4v) is 4.20. The summed E-state index contributed by atoms with van der Waals surface area (Å²) in [7, 11) is -0.534. The average molecular weight is 293 g/mol. The van der Waals surface area contributed by atoms with Crippen molar-refractivity contribution in [3.8, 4) is 0 Å². The molecule has 112 valence electrons. The highest BCUT2D eigenvalue weighted by Gasteiger charge is 2.43. The molecule has 6 nitrogen and oxygen atoms in total. The topological polar surface area (TPSA) is 83.9 Å². The van der Waals surface area contributed by atoms with Gasteiger partial charge in [0, 0.05) is 19.7 Å². The molecule has 19 heavy (non-hydrogen) atoms. The van der Waals surface area contributed by atoms with E-state index in [2.05, 4.69) is 0 Å². The number of rotatable bonds is 7. The molecule has 1 fully saturated rings. The standard InChI is InChI=1S/C12H23NO5S/c1-13(19(16,17)9-8-18-2)12(10-11(14)15)6-4-3-5-7-12/h3-10H2,1-2H3,(H,14,15). The Hall–Kier alpha value is -0.660. The third-order valence-electron chi connectivity index (χ3n) is 3.90. The predicted octanol–water partition coefficient (Wildman–Crippen LogP) is 1.07. The van der Waals surface area contributed by atoms with E-state index < -0.39 is 21.5 Å². The van der Waals surface area contributed by atoms with E-state index in [4.69, 9.17) is 9.84 Å². The molecule has 0 aromatic carbocycles. The molecule has 0 atom stereocenters. The summed E-state index contributed by atoms with van der Waals surface area (Å²) in [4.78, 5) is 11.1. The Kier molecular flexibility index (Phi) is 5.76. The number of aliphatic carboxylic acids is 1. The third kappa shape index (κ3) is 4.15. The molecule has 7 heteroatoms. The van der Waals surface area contributed by atoms with E-state index in [1.807, 2.05) is 0 Å². The van der Waals surface area contributed by atoms with Gasteiger partial charge in [0.05, 0.1) is 18.8 Å². The molecule has 0 unspecified atom stereocenters. The number of ether oxygens (including phenoxy) is 1. The first-order valence-corrected chi connectivity index (χ1v) is 8.12. The first-order valence-electron chi connectivity index (χ1n) is 6.51. The van der Waals surface area contributed by atoms with E-state index in [-0.39, 0.29) is 18.8 Å². The number of carboxylic acids is 1. The number of carbonyl (C=O) groups is 1. The SMILES string of the molecule is COCCS(=O)(=O)N(C)C1(CC(=O)O)CCCCC1. The maximum Gasteiger partial charge on any atom is 0.305 e. The molecule has 1 N–H and O–H groups in total. The smallest absolute Gasteiger partial charge is 0.305 e. The second kappa shape index (κ2) is 6.67. The van der Waals surface area contributed by atoms with Crippen molar-refractivity contribution in [2.75, 3.05) is 26.5 Å². The molecule has 1 saturated carbocycles. The van der Waals surface area contributed by atoms with Crippen LogP contribution in [0.25, 0.3) is 0 Å². The van der Waals surface area contributed by atoms with Crippen molar-refractivity contribution in [3.05, 3.63) is 0 Å². The molecule has 0 spiro atoms. The van der Waals surface area contributed by atoms with Gasteiger partial charge in [0.25, 0.3) is 0 Å². The van der Waals surface area contributed by atoms with Crippen LogP contribution in [0.1, 0.15) is 38.5 Å². The van der Waals surface area contributed by atoms with E-state index in [0.29, 0.717) is 12.8 Å². The van der Waals surface area contributed by atoms with Gasteiger partial charge >= 0.3 is 5.97 Å². The van der Waals surface area contributed by atoms with Gasteiger partial charge in [-0.2, -0.15) is 4.31 Å². The van der Waals surface area contributed by atoms with Crippen LogP contribution in [0.3, 0.4) is 0 Å². The zero-order valence-corrected chi connectivity index (χ0v) is 12.4. The van der Waals surface area contributed by atoms with Crippen molar-refractivity contribution in [1.82, 2.24) is 4.31 Å². The van der Waals surface area contributed by atoms with Crippen LogP contribution in [0.4, 0.5) is 0 Å². The molecule has 0 amide bonds. The summed E-state index contributed by atoms with van der Waals surface area (Å²) in [6, 6.07) is 0. The Bertz CT molecular complexity index is 400. The molecule has 0 aromatic heterocycles. The lowest BCUT2D eigenvalue weighted by molar-refractivity contribution is -0.140. The predicted molar refractivity (Wildman–Crippen MR) is 71.5 cm³/mol. The first-order chi connectivity index (χ1) is 8.84. The van der Waals surface area contributed by atoms with Gasteiger partial charge in [0.15, 0.2) is 0 Å². The molecular weight excluding hydrogens is 270 g/mol. The van der Waals surface area contributed by atoms with E-state index in [1.165, 1.54) is 18.5 Å². The van der Waals surface area contributed by atoms with Gasteiger partial charge in [0.1, 0.15) is 0 Å². The van der Waals surface area contributed by atoms with E-state index in [0.717, 1.165) is 19.3 Å². The normalized spacial score (nSPS) is 19.5. The average Bonchev–Trinajstić information content (AvgIpc) is 2.36. The van der Waals surface area contributed by atoms with Crippen LogP contribution in [-0.2, 0) is 19.6 Å². The minimum Gasteiger partial charge on any atom is -0.481 e. The highest BCUT2D eigenvalue weighted by atomic mass is 32.2. The number of sulfonamides is 1. The summed E-state index contributed by atoms with van der Waals surface area (Å²) in [6.45, 7) is 0.121. The molecular formula is C12H23NO5S. The van der Waals surface area contributed by atoms with Crippen LogP contribution in [0.5, 0.6) is 0 Å². The van der Waals surface area contributed by atoms with Gasteiger partial charge in [-0.05, 0) is 12.8 Å². The molecule has 0 aromatic rings.